The Balaban J connectivity index is 3.08. The molecule has 1 aromatic rings. The Morgan fingerprint density at radius 1 is 1.37 bits per heavy atom. The van der Waals surface area contributed by atoms with Gasteiger partial charge < -0.3 is 10.4 Å². The zero-order valence-electron chi connectivity index (χ0n) is 10.5. The fourth-order valence-corrected chi connectivity index (χ4v) is 1.57. The second-order valence-electron chi connectivity index (χ2n) is 3.98. The molecule has 0 saturated carbocycles. The van der Waals surface area contributed by atoms with Crippen LogP contribution in [0.5, 0.6) is 0 Å². The highest BCUT2D eigenvalue weighted by Crippen LogP contribution is 2.28. The number of halogens is 3. The van der Waals surface area contributed by atoms with E-state index in [4.69, 9.17) is 0 Å². The van der Waals surface area contributed by atoms with Crippen LogP contribution in [0.15, 0.2) is 12.3 Å². The molecule has 5 nitrogen and oxygen atoms in total. The van der Waals surface area contributed by atoms with Crippen LogP contribution < -0.4 is 5.32 Å². The van der Waals surface area contributed by atoms with E-state index in [9.17, 15) is 23.1 Å². The Bertz CT molecular complexity index is 459. The van der Waals surface area contributed by atoms with Gasteiger partial charge in [0.25, 0.3) is 0 Å². The number of hydrogen-bond donors (Lipinski definition) is 2. The fourth-order valence-electron chi connectivity index (χ4n) is 1.57. The number of nitrogens with one attached hydrogen (secondary N) is 1. The number of carboxylic acid groups (broad SMARTS) is 1. The molecule has 19 heavy (non-hydrogen) atoms. The van der Waals surface area contributed by atoms with Crippen molar-refractivity contribution in [1.82, 2.24) is 9.97 Å². The molecule has 0 aliphatic rings. The molecule has 0 unspecified atom stereocenters. The third-order valence-electron chi connectivity index (χ3n) is 2.91. The van der Waals surface area contributed by atoms with Gasteiger partial charge in [0.2, 0.25) is 5.95 Å². The second kappa shape index (κ2) is 5.41. The molecule has 0 spiro atoms. The minimum Gasteiger partial charge on any atom is -0.480 e. The number of aliphatic carboxylic acids is 1. The molecule has 0 aliphatic carbocycles. The number of carbonyl (C=O) groups is 1. The molecule has 0 radical (unpaired) electrons. The zero-order chi connectivity index (χ0) is 14.7. The van der Waals surface area contributed by atoms with Crippen LogP contribution in [0.25, 0.3) is 0 Å². The van der Waals surface area contributed by atoms with Crippen LogP contribution in [0.4, 0.5) is 19.1 Å². The van der Waals surface area contributed by atoms with Crippen molar-refractivity contribution in [1.29, 1.82) is 0 Å². The third-order valence-corrected chi connectivity index (χ3v) is 2.91. The maximum absolute atomic E-state index is 12.5. The van der Waals surface area contributed by atoms with Gasteiger partial charge in [-0.2, -0.15) is 13.2 Å². The number of anilines is 1. The number of aromatic nitrogens is 2. The molecule has 0 amide bonds. The van der Waals surface area contributed by atoms with E-state index in [1.807, 2.05) is 0 Å². The van der Waals surface area contributed by atoms with Crippen molar-refractivity contribution < 1.29 is 23.1 Å². The first-order chi connectivity index (χ1) is 8.75. The van der Waals surface area contributed by atoms with E-state index in [0.717, 1.165) is 12.3 Å². The molecule has 1 rings (SSSR count). The Morgan fingerprint density at radius 2 is 1.95 bits per heavy atom. The van der Waals surface area contributed by atoms with Gasteiger partial charge in [0.1, 0.15) is 11.2 Å². The fraction of sp³-hybridized carbons (Fsp3) is 0.545. The second-order valence-corrected chi connectivity index (χ2v) is 3.98. The quantitative estimate of drug-likeness (QED) is 0.865. The van der Waals surface area contributed by atoms with E-state index in [2.05, 4.69) is 15.3 Å². The van der Waals surface area contributed by atoms with Gasteiger partial charge >= 0.3 is 12.1 Å². The van der Waals surface area contributed by atoms with E-state index in [1.54, 1.807) is 13.8 Å². The first kappa shape index (κ1) is 15.2. The normalized spacial score (nSPS) is 12.3. The van der Waals surface area contributed by atoms with E-state index in [-0.39, 0.29) is 18.8 Å². The molecule has 2 N–H and O–H groups in total. The van der Waals surface area contributed by atoms with Gasteiger partial charge in [-0.1, -0.05) is 13.8 Å². The van der Waals surface area contributed by atoms with Crippen LogP contribution in [0, 0.1) is 0 Å². The van der Waals surface area contributed by atoms with Crippen molar-refractivity contribution in [3.8, 4) is 0 Å². The van der Waals surface area contributed by atoms with E-state index < -0.39 is 23.4 Å². The molecule has 8 heteroatoms. The minimum atomic E-state index is -4.59. The van der Waals surface area contributed by atoms with Crippen LogP contribution in [-0.2, 0) is 11.0 Å². The highest BCUT2D eigenvalue weighted by atomic mass is 19.4. The SMILES string of the molecule is CCC(CC)(Nc1nccc(C(F)(F)F)n1)C(=O)O. The average molecular weight is 277 g/mol. The van der Waals surface area contributed by atoms with Crippen LogP contribution in [0.2, 0.25) is 0 Å². The van der Waals surface area contributed by atoms with Crippen LogP contribution in [0.3, 0.4) is 0 Å². The van der Waals surface area contributed by atoms with E-state index >= 15 is 0 Å². The van der Waals surface area contributed by atoms with Crippen molar-refractivity contribution in [3.05, 3.63) is 18.0 Å². The van der Waals surface area contributed by atoms with Crippen molar-refractivity contribution >= 4 is 11.9 Å². The summed E-state index contributed by atoms with van der Waals surface area (Å²) in [4.78, 5) is 18.2. The monoisotopic (exact) mass is 277 g/mol. The van der Waals surface area contributed by atoms with Crippen LogP contribution in [0.1, 0.15) is 32.4 Å². The number of carboxylic acids is 1. The van der Waals surface area contributed by atoms with E-state index in [1.165, 1.54) is 0 Å². The summed E-state index contributed by atoms with van der Waals surface area (Å²) in [5.74, 6) is -1.50. The summed E-state index contributed by atoms with van der Waals surface area (Å²) >= 11 is 0. The summed E-state index contributed by atoms with van der Waals surface area (Å²) in [6.45, 7) is 3.25. The Morgan fingerprint density at radius 3 is 2.37 bits per heavy atom. The highest BCUT2D eigenvalue weighted by molar-refractivity contribution is 5.81. The molecule has 0 fully saturated rings. The topological polar surface area (TPSA) is 75.1 Å². The van der Waals surface area contributed by atoms with Gasteiger partial charge in [0.05, 0.1) is 0 Å². The van der Waals surface area contributed by atoms with Crippen molar-refractivity contribution in [2.24, 2.45) is 0 Å². The van der Waals surface area contributed by atoms with Gasteiger partial charge in [-0.3, -0.25) is 0 Å². The molecule has 0 aromatic carbocycles. The first-order valence-corrected chi connectivity index (χ1v) is 5.67. The van der Waals surface area contributed by atoms with Crippen molar-refractivity contribution in [3.63, 3.8) is 0 Å². The predicted octanol–water partition coefficient (Wildman–Crippen LogP) is 2.55. The maximum atomic E-state index is 12.5. The molecule has 1 heterocycles. The zero-order valence-corrected chi connectivity index (χ0v) is 10.5. The van der Waals surface area contributed by atoms with Gasteiger partial charge in [-0.05, 0) is 18.9 Å². The third kappa shape index (κ3) is 3.33. The lowest BCUT2D eigenvalue weighted by Crippen LogP contribution is -2.45. The molecule has 0 bridgehead atoms. The number of nitrogens with zero attached hydrogens (tertiary/aromatic N) is 2. The summed E-state index contributed by atoms with van der Waals surface area (Å²) < 4.78 is 37.5. The Hall–Kier alpha value is -1.86. The van der Waals surface area contributed by atoms with Gasteiger partial charge in [0, 0.05) is 6.20 Å². The van der Waals surface area contributed by atoms with Gasteiger partial charge in [0.15, 0.2) is 0 Å². The molecular formula is C11H14F3N3O2. The van der Waals surface area contributed by atoms with Gasteiger partial charge in [-0.25, -0.2) is 14.8 Å². The van der Waals surface area contributed by atoms with Gasteiger partial charge in [-0.15, -0.1) is 0 Å². The number of alkyl halides is 3. The van der Waals surface area contributed by atoms with Crippen LogP contribution >= 0.6 is 0 Å². The number of hydrogen-bond acceptors (Lipinski definition) is 4. The van der Waals surface area contributed by atoms with E-state index in [0.29, 0.717) is 0 Å². The lowest BCUT2D eigenvalue weighted by atomic mass is 9.93. The summed E-state index contributed by atoms with van der Waals surface area (Å²) in [5, 5.41) is 11.7. The lowest BCUT2D eigenvalue weighted by molar-refractivity contribution is -0.142. The largest absolute Gasteiger partial charge is 0.480 e. The summed E-state index contributed by atoms with van der Waals surface area (Å²) in [6.07, 6.45) is -3.27. The average Bonchev–Trinajstić information content (AvgIpc) is 2.35. The highest BCUT2D eigenvalue weighted by Gasteiger charge is 2.37. The Labute approximate surface area is 107 Å². The molecule has 0 saturated heterocycles. The molecule has 1 aromatic heterocycles. The lowest BCUT2D eigenvalue weighted by Gasteiger charge is -2.28. The Kier molecular flexibility index (Phi) is 4.33. The molecular weight excluding hydrogens is 263 g/mol. The van der Waals surface area contributed by atoms with Crippen LogP contribution in [-0.4, -0.2) is 26.6 Å². The minimum absolute atomic E-state index is 0.193. The van der Waals surface area contributed by atoms with Crippen molar-refractivity contribution in [2.45, 2.75) is 38.4 Å². The summed E-state index contributed by atoms with van der Waals surface area (Å²) in [6, 6.07) is 0.728. The smallest absolute Gasteiger partial charge is 0.433 e. The molecule has 0 aliphatic heterocycles. The first-order valence-electron chi connectivity index (χ1n) is 5.67. The predicted molar refractivity (Wildman–Crippen MR) is 61.6 cm³/mol. The van der Waals surface area contributed by atoms with Crippen molar-refractivity contribution in [2.75, 3.05) is 5.32 Å². The molecule has 106 valence electrons. The number of rotatable bonds is 5. The molecule has 0 atom stereocenters. The maximum Gasteiger partial charge on any atom is 0.433 e. The standard InChI is InChI=1S/C11H14F3N3O2/c1-3-10(4-2,8(18)19)17-9-15-6-5-7(16-9)11(12,13)14/h5-6H,3-4H2,1-2H3,(H,18,19)(H,15,16,17). The summed E-state index contributed by atoms with van der Waals surface area (Å²) in [7, 11) is 0. The summed E-state index contributed by atoms with van der Waals surface area (Å²) in [5.41, 5.74) is -2.49.